The number of alkyl halides is 3. The molecule has 0 saturated carbocycles. The number of anilines is 1. The number of aromatic nitrogens is 3. The van der Waals surface area contributed by atoms with Crippen molar-refractivity contribution in [1.82, 2.24) is 20.5 Å². The largest absolute Gasteiger partial charge is 0.457 e. The average Bonchev–Trinajstić information content (AvgIpc) is 3.38. The van der Waals surface area contributed by atoms with Crippen molar-refractivity contribution in [3.05, 3.63) is 89.2 Å². The molecule has 38 heavy (non-hydrogen) atoms. The topological polar surface area (TPSA) is 89.0 Å². The zero-order chi connectivity index (χ0) is 26.5. The molecular formula is C27H22F3N5O2S. The number of amides is 1. The highest BCUT2D eigenvalue weighted by molar-refractivity contribution is 7.13. The number of benzene rings is 2. The summed E-state index contributed by atoms with van der Waals surface area (Å²) in [6, 6.07) is 12.7. The number of rotatable bonds is 7. The second kappa shape index (κ2) is 11.1. The van der Waals surface area contributed by atoms with Crippen molar-refractivity contribution < 1.29 is 22.7 Å². The number of ether oxygens (including phenoxy) is 1. The van der Waals surface area contributed by atoms with E-state index < -0.39 is 17.6 Å². The third-order valence-electron chi connectivity index (χ3n) is 5.81. The van der Waals surface area contributed by atoms with Crippen molar-refractivity contribution in [3.8, 4) is 22.1 Å². The highest BCUT2D eigenvalue weighted by Gasteiger charge is 2.40. The monoisotopic (exact) mass is 537 g/mol. The Kier molecular flexibility index (Phi) is 7.47. The molecule has 2 N–H and O–H groups in total. The van der Waals surface area contributed by atoms with Gasteiger partial charge in [-0.3, -0.25) is 4.79 Å². The summed E-state index contributed by atoms with van der Waals surface area (Å²) in [5.41, 5.74) is 0.828. The highest BCUT2D eigenvalue weighted by atomic mass is 32.1. The van der Waals surface area contributed by atoms with Gasteiger partial charge in [-0.15, -0.1) is 11.3 Å². The molecule has 1 aliphatic heterocycles. The van der Waals surface area contributed by atoms with E-state index in [0.717, 1.165) is 5.56 Å². The molecular weight excluding hydrogens is 515 g/mol. The van der Waals surface area contributed by atoms with Gasteiger partial charge in [0.15, 0.2) is 0 Å². The smallest absolute Gasteiger partial charge is 0.420 e. The predicted molar refractivity (Wildman–Crippen MR) is 139 cm³/mol. The molecule has 0 fully saturated rings. The zero-order valence-corrected chi connectivity index (χ0v) is 20.8. The van der Waals surface area contributed by atoms with Gasteiger partial charge in [0.1, 0.15) is 22.1 Å². The van der Waals surface area contributed by atoms with Crippen LogP contribution in [0.1, 0.15) is 23.2 Å². The van der Waals surface area contributed by atoms with Crippen LogP contribution in [0.15, 0.2) is 72.4 Å². The summed E-state index contributed by atoms with van der Waals surface area (Å²) in [7, 11) is 0. The number of hydrogen-bond donors (Lipinski definition) is 2. The lowest BCUT2D eigenvalue weighted by atomic mass is 9.92. The molecule has 11 heteroatoms. The lowest BCUT2D eigenvalue weighted by Gasteiger charge is -2.24. The van der Waals surface area contributed by atoms with E-state index in [1.165, 1.54) is 23.5 Å². The van der Waals surface area contributed by atoms with E-state index in [-0.39, 0.29) is 29.2 Å². The molecule has 0 radical (unpaired) electrons. The van der Waals surface area contributed by atoms with Crippen molar-refractivity contribution in [2.75, 3.05) is 18.4 Å². The molecule has 0 spiro atoms. The van der Waals surface area contributed by atoms with E-state index in [2.05, 4.69) is 25.8 Å². The molecule has 2 aromatic heterocycles. The number of thiazole rings is 1. The van der Waals surface area contributed by atoms with Crippen LogP contribution in [-0.2, 0) is 17.4 Å². The molecule has 7 nitrogen and oxygen atoms in total. The van der Waals surface area contributed by atoms with Gasteiger partial charge in [0.25, 0.3) is 0 Å². The van der Waals surface area contributed by atoms with Gasteiger partial charge in [-0.25, -0.2) is 4.98 Å². The van der Waals surface area contributed by atoms with Crippen molar-refractivity contribution in [2.24, 2.45) is 0 Å². The van der Waals surface area contributed by atoms with E-state index in [1.54, 1.807) is 60.2 Å². The van der Waals surface area contributed by atoms with Crippen LogP contribution in [0.5, 0.6) is 11.5 Å². The van der Waals surface area contributed by atoms with Crippen molar-refractivity contribution >= 4 is 28.5 Å². The number of nitrogens with zero attached hydrogens (tertiary/aromatic N) is 3. The maximum atomic E-state index is 14.5. The Morgan fingerprint density at radius 2 is 1.95 bits per heavy atom. The fourth-order valence-electron chi connectivity index (χ4n) is 4.15. The number of carbonyl (C=O) groups excluding carboxylic acids is 1. The van der Waals surface area contributed by atoms with E-state index in [4.69, 9.17) is 4.74 Å². The fourth-order valence-corrected chi connectivity index (χ4v) is 4.96. The number of para-hydroxylation sites is 1. The van der Waals surface area contributed by atoms with Gasteiger partial charge in [-0.1, -0.05) is 24.3 Å². The standard InChI is InChI=1S/C27H22F3N5O2S/c28-27(29,30)25-22(37-20-4-2-1-3-5-20)7-6-21(24(25)17-8-11-31-12-9-17)35-23(36)14-19-16-38-26(34-19)18-10-13-32-33-15-18/h1-8,10,13,15-16,31H,9,11-12,14H2,(H,35,36). The summed E-state index contributed by atoms with van der Waals surface area (Å²) in [5, 5.41) is 15.8. The van der Waals surface area contributed by atoms with Gasteiger partial charge in [-0.05, 0) is 48.9 Å². The minimum atomic E-state index is -4.73. The SMILES string of the molecule is O=C(Cc1csc(-c2ccnnc2)n1)Nc1ccc(Oc2ccccc2)c(C(F)(F)F)c1C1=CCNCC1. The minimum Gasteiger partial charge on any atom is -0.457 e. The quantitative estimate of drug-likeness (QED) is 0.302. The number of hydrogen-bond acceptors (Lipinski definition) is 7. The maximum Gasteiger partial charge on any atom is 0.420 e. The van der Waals surface area contributed by atoms with E-state index in [0.29, 0.717) is 35.8 Å². The maximum absolute atomic E-state index is 14.5. The first-order chi connectivity index (χ1) is 18.4. The van der Waals surface area contributed by atoms with Gasteiger partial charge in [0.05, 0.1) is 24.5 Å². The molecule has 3 heterocycles. The summed E-state index contributed by atoms with van der Waals surface area (Å²) in [4.78, 5) is 17.4. The third-order valence-corrected chi connectivity index (χ3v) is 6.75. The second-order valence-corrected chi connectivity index (χ2v) is 9.32. The van der Waals surface area contributed by atoms with Gasteiger partial charge in [-0.2, -0.15) is 23.4 Å². The van der Waals surface area contributed by atoms with Crippen LogP contribution in [0.2, 0.25) is 0 Å². The molecule has 0 bridgehead atoms. The van der Waals surface area contributed by atoms with Crippen LogP contribution in [0, 0.1) is 0 Å². The first kappa shape index (κ1) is 25.6. The molecule has 0 aliphatic carbocycles. The van der Waals surface area contributed by atoms with Crippen LogP contribution in [0.3, 0.4) is 0 Å². The van der Waals surface area contributed by atoms with Crippen molar-refractivity contribution in [2.45, 2.75) is 19.0 Å². The molecule has 194 valence electrons. The number of nitrogens with one attached hydrogen (secondary N) is 2. The first-order valence-electron chi connectivity index (χ1n) is 11.8. The molecule has 0 saturated heterocycles. The predicted octanol–water partition coefficient (Wildman–Crippen LogP) is 5.97. The average molecular weight is 538 g/mol. The third kappa shape index (κ3) is 5.90. The molecule has 4 aromatic rings. The fraction of sp³-hybridized carbons (Fsp3) is 0.185. The van der Waals surface area contributed by atoms with Gasteiger partial charge >= 0.3 is 6.18 Å². The van der Waals surface area contributed by atoms with E-state index in [9.17, 15) is 18.0 Å². The first-order valence-corrected chi connectivity index (χ1v) is 12.6. The highest BCUT2D eigenvalue weighted by Crippen LogP contribution is 2.46. The summed E-state index contributed by atoms with van der Waals surface area (Å²) in [5.74, 6) is -0.523. The second-order valence-electron chi connectivity index (χ2n) is 8.46. The number of halogens is 3. The van der Waals surface area contributed by atoms with Crippen LogP contribution in [-0.4, -0.2) is 34.2 Å². The van der Waals surface area contributed by atoms with E-state index in [1.807, 2.05) is 0 Å². The van der Waals surface area contributed by atoms with Crippen molar-refractivity contribution in [1.29, 1.82) is 0 Å². The lowest BCUT2D eigenvalue weighted by Crippen LogP contribution is -2.23. The summed E-state index contributed by atoms with van der Waals surface area (Å²) in [6.45, 7) is 0.945. The molecule has 5 rings (SSSR count). The molecule has 0 atom stereocenters. The van der Waals surface area contributed by atoms with Crippen LogP contribution in [0.25, 0.3) is 16.1 Å². The van der Waals surface area contributed by atoms with Crippen LogP contribution < -0.4 is 15.4 Å². The summed E-state index contributed by atoms with van der Waals surface area (Å²) < 4.78 is 49.3. The molecule has 0 unspecified atom stereocenters. The van der Waals surface area contributed by atoms with Crippen LogP contribution in [0.4, 0.5) is 18.9 Å². The Labute approximate surface area is 220 Å². The molecule has 1 amide bonds. The lowest BCUT2D eigenvalue weighted by molar-refractivity contribution is -0.138. The summed E-state index contributed by atoms with van der Waals surface area (Å²) >= 11 is 1.35. The minimum absolute atomic E-state index is 0.0738. The summed E-state index contributed by atoms with van der Waals surface area (Å²) in [6.07, 6.45) is 0.373. The Bertz CT molecular complexity index is 1460. The van der Waals surface area contributed by atoms with Crippen LogP contribution >= 0.6 is 11.3 Å². The van der Waals surface area contributed by atoms with Gasteiger partial charge < -0.3 is 15.4 Å². The van der Waals surface area contributed by atoms with Gasteiger partial charge in [0, 0.05) is 28.7 Å². The Morgan fingerprint density at radius 1 is 1.11 bits per heavy atom. The van der Waals surface area contributed by atoms with E-state index >= 15 is 0 Å². The normalized spacial score (nSPS) is 13.6. The zero-order valence-electron chi connectivity index (χ0n) is 20.0. The van der Waals surface area contributed by atoms with Gasteiger partial charge in [0.2, 0.25) is 5.91 Å². The Morgan fingerprint density at radius 3 is 2.66 bits per heavy atom. The number of carbonyl (C=O) groups is 1. The molecule has 1 aliphatic rings. The Balaban J connectivity index is 1.47. The Hall–Kier alpha value is -4.09. The molecule has 2 aromatic carbocycles. The van der Waals surface area contributed by atoms with Crippen molar-refractivity contribution in [3.63, 3.8) is 0 Å².